The zero-order chi connectivity index (χ0) is 21.3. The molecule has 0 bridgehead atoms. The van der Waals surface area contributed by atoms with Gasteiger partial charge in [0.15, 0.2) is 6.29 Å². The molecule has 3 heteroatoms. The lowest BCUT2D eigenvalue weighted by molar-refractivity contribution is -0.137. The second-order valence-electron chi connectivity index (χ2n) is 7.19. The van der Waals surface area contributed by atoms with Gasteiger partial charge in [0.2, 0.25) is 0 Å². The predicted molar refractivity (Wildman–Crippen MR) is 124 cm³/mol. The lowest BCUT2D eigenvalue weighted by Crippen LogP contribution is -2.02. The number of aldehydes is 1. The third kappa shape index (κ3) is 5.12. The van der Waals surface area contributed by atoms with Crippen LogP contribution in [0.15, 0.2) is 66.7 Å². The molecular formula is C27H26O3. The van der Waals surface area contributed by atoms with Gasteiger partial charge in [-0.15, -0.1) is 0 Å². The van der Waals surface area contributed by atoms with Gasteiger partial charge in [-0.05, 0) is 53.0 Å². The van der Waals surface area contributed by atoms with E-state index in [2.05, 4.69) is 0 Å². The van der Waals surface area contributed by atoms with E-state index in [1.807, 2.05) is 80.6 Å². The van der Waals surface area contributed by atoms with E-state index in [4.69, 9.17) is 4.74 Å². The molecule has 0 saturated carbocycles. The zero-order valence-electron chi connectivity index (χ0n) is 17.4. The van der Waals surface area contributed by atoms with E-state index in [-0.39, 0.29) is 5.97 Å². The minimum Gasteiger partial charge on any atom is -0.463 e. The Labute approximate surface area is 177 Å². The molecule has 0 saturated heterocycles. The molecule has 0 N–H and O–H groups in total. The van der Waals surface area contributed by atoms with Crippen LogP contribution in [-0.4, -0.2) is 18.9 Å². The molecule has 0 radical (unpaired) electrons. The molecular weight excluding hydrogens is 372 g/mol. The number of hydrogen-bond donors (Lipinski definition) is 0. The Hall–Kier alpha value is -3.46. The van der Waals surface area contributed by atoms with Crippen molar-refractivity contribution in [1.29, 1.82) is 0 Å². The lowest BCUT2D eigenvalue weighted by atomic mass is 9.90. The topological polar surface area (TPSA) is 43.4 Å². The Morgan fingerprint density at radius 3 is 2.40 bits per heavy atom. The first-order valence-electron chi connectivity index (χ1n) is 10.2. The van der Waals surface area contributed by atoms with Crippen LogP contribution in [0.5, 0.6) is 0 Å². The Balaban J connectivity index is 2.12. The van der Waals surface area contributed by atoms with E-state index in [0.29, 0.717) is 12.2 Å². The van der Waals surface area contributed by atoms with Crippen molar-refractivity contribution >= 4 is 40.8 Å². The largest absolute Gasteiger partial charge is 0.463 e. The van der Waals surface area contributed by atoms with Gasteiger partial charge in [0.05, 0.1) is 6.61 Å². The summed E-state index contributed by atoms with van der Waals surface area (Å²) in [5, 5.41) is 2.06. The van der Waals surface area contributed by atoms with Gasteiger partial charge < -0.3 is 4.74 Å². The first-order valence-corrected chi connectivity index (χ1v) is 10.2. The molecule has 0 spiro atoms. The number of ether oxygens (including phenoxy) is 1. The number of carbonyl (C=O) groups is 2. The van der Waals surface area contributed by atoms with Crippen LogP contribution in [0, 0.1) is 6.92 Å². The van der Waals surface area contributed by atoms with Crippen LogP contribution in [-0.2, 0) is 14.3 Å². The van der Waals surface area contributed by atoms with Gasteiger partial charge in [-0.25, -0.2) is 4.79 Å². The molecule has 0 unspecified atom stereocenters. The van der Waals surface area contributed by atoms with E-state index >= 15 is 0 Å². The molecule has 3 rings (SSSR count). The maximum absolute atomic E-state index is 12.1. The van der Waals surface area contributed by atoms with Crippen molar-refractivity contribution in [1.82, 2.24) is 0 Å². The fourth-order valence-electron chi connectivity index (χ4n) is 3.45. The van der Waals surface area contributed by atoms with E-state index in [1.54, 1.807) is 6.08 Å². The van der Waals surface area contributed by atoms with Crippen LogP contribution in [0.2, 0.25) is 0 Å². The third-order valence-corrected chi connectivity index (χ3v) is 4.96. The fraction of sp³-hybridized carbons (Fsp3) is 0.185. The molecule has 0 aliphatic rings. The van der Waals surface area contributed by atoms with Gasteiger partial charge in [0.1, 0.15) is 0 Å². The zero-order valence-corrected chi connectivity index (χ0v) is 17.4. The number of unbranched alkanes of at least 4 members (excludes halogenated alkanes) is 1. The normalized spacial score (nSPS) is 11.7. The van der Waals surface area contributed by atoms with E-state index in [9.17, 15) is 9.59 Å². The van der Waals surface area contributed by atoms with Crippen molar-refractivity contribution < 1.29 is 14.3 Å². The summed E-state index contributed by atoms with van der Waals surface area (Å²) in [5.41, 5.74) is 4.22. The van der Waals surface area contributed by atoms with Gasteiger partial charge in [0, 0.05) is 17.2 Å². The SMILES string of the molecule is CCCCOC(=O)/C=C/c1cc(C)c2ccccc2c1/C(C=O)=C\c1ccccc1. The van der Waals surface area contributed by atoms with Gasteiger partial charge in [-0.1, -0.05) is 74.0 Å². The summed E-state index contributed by atoms with van der Waals surface area (Å²) in [6.45, 7) is 4.50. The highest BCUT2D eigenvalue weighted by Crippen LogP contribution is 2.32. The summed E-state index contributed by atoms with van der Waals surface area (Å²) in [4.78, 5) is 24.2. The van der Waals surface area contributed by atoms with Crippen LogP contribution in [0.1, 0.15) is 42.0 Å². The molecule has 0 fully saturated rings. The number of rotatable bonds is 8. The van der Waals surface area contributed by atoms with Gasteiger partial charge in [-0.3, -0.25) is 4.79 Å². The average molecular weight is 399 g/mol. The number of carbonyl (C=O) groups excluding carboxylic acids is 2. The van der Waals surface area contributed by atoms with Crippen LogP contribution < -0.4 is 0 Å². The second kappa shape index (κ2) is 10.4. The number of esters is 1. The quantitative estimate of drug-likeness (QED) is 0.148. The molecule has 0 aromatic heterocycles. The number of aryl methyl sites for hydroxylation is 1. The van der Waals surface area contributed by atoms with Crippen molar-refractivity contribution in [3.8, 4) is 0 Å². The highest BCUT2D eigenvalue weighted by atomic mass is 16.5. The monoisotopic (exact) mass is 398 g/mol. The summed E-state index contributed by atoms with van der Waals surface area (Å²) in [7, 11) is 0. The molecule has 0 aliphatic heterocycles. The maximum atomic E-state index is 12.1. The fourth-order valence-corrected chi connectivity index (χ4v) is 3.45. The molecule has 3 aromatic carbocycles. The standard InChI is InChI=1S/C27H26O3/c1-3-4-16-30-26(29)15-14-22-17-20(2)24-12-8-9-13-25(24)27(22)23(19-28)18-21-10-6-5-7-11-21/h5-15,17-19H,3-4,16H2,1-2H3/b15-14+,23-18-. The van der Waals surface area contributed by atoms with Gasteiger partial charge >= 0.3 is 5.97 Å². The Morgan fingerprint density at radius 1 is 1.00 bits per heavy atom. The first-order chi connectivity index (χ1) is 14.6. The van der Waals surface area contributed by atoms with Crippen molar-refractivity contribution in [3.63, 3.8) is 0 Å². The van der Waals surface area contributed by atoms with Gasteiger partial charge in [-0.2, -0.15) is 0 Å². The Kier molecular flexibility index (Phi) is 7.34. The molecule has 3 aromatic rings. The average Bonchev–Trinajstić information content (AvgIpc) is 2.77. The summed E-state index contributed by atoms with van der Waals surface area (Å²) >= 11 is 0. The van der Waals surface area contributed by atoms with E-state index < -0.39 is 0 Å². The minimum atomic E-state index is -0.375. The third-order valence-electron chi connectivity index (χ3n) is 4.96. The number of allylic oxidation sites excluding steroid dienone is 1. The Bertz CT molecular complexity index is 1090. The van der Waals surface area contributed by atoms with Crippen molar-refractivity contribution in [2.75, 3.05) is 6.61 Å². The van der Waals surface area contributed by atoms with E-state index in [0.717, 1.165) is 52.2 Å². The first kappa shape index (κ1) is 21.3. The predicted octanol–water partition coefficient (Wildman–Crippen LogP) is 6.24. The number of hydrogen-bond acceptors (Lipinski definition) is 3. The number of benzene rings is 3. The van der Waals surface area contributed by atoms with Gasteiger partial charge in [0.25, 0.3) is 0 Å². The van der Waals surface area contributed by atoms with Crippen molar-refractivity contribution in [3.05, 3.63) is 89.0 Å². The smallest absolute Gasteiger partial charge is 0.330 e. The van der Waals surface area contributed by atoms with Crippen molar-refractivity contribution in [2.45, 2.75) is 26.7 Å². The molecule has 30 heavy (non-hydrogen) atoms. The lowest BCUT2D eigenvalue weighted by Gasteiger charge is -2.14. The molecule has 0 heterocycles. The van der Waals surface area contributed by atoms with E-state index in [1.165, 1.54) is 6.08 Å². The number of fused-ring (bicyclic) bond motifs is 1. The molecule has 0 aliphatic carbocycles. The van der Waals surface area contributed by atoms with Crippen molar-refractivity contribution in [2.24, 2.45) is 0 Å². The highest BCUT2D eigenvalue weighted by Gasteiger charge is 2.13. The summed E-state index contributed by atoms with van der Waals surface area (Å²) in [6, 6.07) is 19.8. The highest BCUT2D eigenvalue weighted by molar-refractivity contribution is 6.19. The van der Waals surface area contributed by atoms with Crippen LogP contribution >= 0.6 is 0 Å². The van der Waals surface area contributed by atoms with Crippen LogP contribution in [0.25, 0.3) is 28.5 Å². The maximum Gasteiger partial charge on any atom is 0.330 e. The second-order valence-corrected chi connectivity index (χ2v) is 7.19. The molecule has 0 atom stereocenters. The summed E-state index contributed by atoms with van der Waals surface area (Å²) < 4.78 is 5.23. The minimum absolute atomic E-state index is 0.375. The summed E-state index contributed by atoms with van der Waals surface area (Å²) in [5.74, 6) is -0.375. The summed E-state index contributed by atoms with van der Waals surface area (Å²) in [6.07, 6.45) is 7.74. The van der Waals surface area contributed by atoms with Crippen LogP contribution in [0.4, 0.5) is 0 Å². The molecule has 152 valence electrons. The molecule has 3 nitrogen and oxygen atoms in total. The Morgan fingerprint density at radius 2 is 1.70 bits per heavy atom. The van der Waals surface area contributed by atoms with Crippen LogP contribution in [0.3, 0.4) is 0 Å². The molecule has 0 amide bonds.